The van der Waals surface area contributed by atoms with E-state index in [2.05, 4.69) is 4.98 Å². The lowest BCUT2D eigenvalue weighted by Crippen LogP contribution is -2.19. The Bertz CT molecular complexity index is 300. The van der Waals surface area contributed by atoms with E-state index in [1.807, 2.05) is 13.8 Å². The Morgan fingerprint density at radius 3 is 2.46 bits per heavy atom. The molecule has 0 aliphatic rings. The minimum atomic E-state index is -0.683. The molecular weight excluding hydrogens is 174 g/mol. The van der Waals surface area contributed by atoms with Crippen molar-refractivity contribution in [1.82, 2.24) is 4.98 Å². The summed E-state index contributed by atoms with van der Waals surface area (Å²) in [6.45, 7) is 3.71. The second kappa shape index (κ2) is 3.79. The monoisotopic (exact) mass is 186 g/mol. The number of nitrogens with two attached hydrogens (primary N) is 1. The van der Waals surface area contributed by atoms with Gasteiger partial charge in [0.15, 0.2) is 0 Å². The first-order valence-corrected chi connectivity index (χ1v) is 4.09. The molecule has 1 rings (SSSR count). The molecule has 1 aromatic heterocycles. The van der Waals surface area contributed by atoms with Crippen LogP contribution in [0, 0.1) is 17.6 Å². The molecule has 1 atom stereocenters. The van der Waals surface area contributed by atoms with Gasteiger partial charge < -0.3 is 5.73 Å². The minimum absolute atomic E-state index is 0.0764. The maximum Gasteiger partial charge on any atom is 0.149 e. The summed E-state index contributed by atoms with van der Waals surface area (Å²) in [6.07, 6.45) is 0.973. The zero-order chi connectivity index (χ0) is 10.0. The number of rotatable bonds is 2. The van der Waals surface area contributed by atoms with Crippen molar-refractivity contribution in [3.63, 3.8) is 0 Å². The fourth-order valence-electron chi connectivity index (χ4n) is 0.986. The van der Waals surface area contributed by atoms with Crippen LogP contribution in [-0.2, 0) is 0 Å². The van der Waals surface area contributed by atoms with Crippen LogP contribution in [0.25, 0.3) is 0 Å². The van der Waals surface area contributed by atoms with Crippen molar-refractivity contribution < 1.29 is 8.78 Å². The zero-order valence-corrected chi connectivity index (χ0v) is 7.59. The molecular formula is C9H12F2N2. The van der Waals surface area contributed by atoms with Crippen molar-refractivity contribution in [2.75, 3.05) is 0 Å². The van der Waals surface area contributed by atoms with Crippen LogP contribution < -0.4 is 5.73 Å². The van der Waals surface area contributed by atoms with Gasteiger partial charge in [-0.1, -0.05) is 13.8 Å². The predicted molar refractivity (Wildman–Crippen MR) is 45.9 cm³/mol. The standard InChI is InChI=1S/C9H12F2N2/c1-5(2)8(12)9-7(11)3-6(10)4-13-9/h3-5,8H,12H2,1-2H3. The summed E-state index contributed by atoms with van der Waals surface area (Å²) in [5.74, 6) is -1.29. The molecule has 0 amide bonds. The molecule has 1 aromatic rings. The molecule has 1 heterocycles. The summed E-state index contributed by atoms with van der Waals surface area (Å²) in [5.41, 5.74) is 5.79. The Hall–Kier alpha value is -1.03. The summed E-state index contributed by atoms with van der Waals surface area (Å²) in [4.78, 5) is 3.62. The normalized spacial score (nSPS) is 13.4. The molecule has 4 heteroatoms. The fraction of sp³-hybridized carbons (Fsp3) is 0.444. The van der Waals surface area contributed by atoms with Gasteiger partial charge in [-0.05, 0) is 5.92 Å². The topological polar surface area (TPSA) is 38.9 Å². The van der Waals surface area contributed by atoms with E-state index >= 15 is 0 Å². The van der Waals surface area contributed by atoms with Crippen molar-refractivity contribution in [3.05, 3.63) is 29.6 Å². The van der Waals surface area contributed by atoms with Gasteiger partial charge in [0.2, 0.25) is 0 Å². The molecule has 0 spiro atoms. The van der Waals surface area contributed by atoms with Gasteiger partial charge in [0.05, 0.1) is 17.9 Å². The van der Waals surface area contributed by atoms with Gasteiger partial charge in [0, 0.05) is 6.07 Å². The molecule has 0 aliphatic heterocycles. The van der Waals surface area contributed by atoms with Gasteiger partial charge >= 0.3 is 0 Å². The molecule has 0 bridgehead atoms. The summed E-state index contributed by atoms with van der Waals surface area (Å²) in [6, 6.07) is 0.311. The lowest BCUT2D eigenvalue weighted by atomic mass is 10.0. The van der Waals surface area contributed by atoms with E-state index in [1.165, 1.54) is 0 Å². The minimum Gasteiger partial charge on any atom is -0.322 e. The highest BCUT2D eigenvalue weighted by molar-refractivity contribution is 5.12. The number of hydrogen-bond acceptors (Lipinski definition) is 2. The molecule has 1 unspecified atom stereocenters. The third-order valence-electron chi connectivity index (χ3n) is 1.87. The SMILES string of the molecule is CC(C)C(N)c1ncc(F)cc1F. The summed E-state index contributed by atoms with van der Waals surface area (Å²) in [7, 11) is 0. The summed E-state index contributed by atoms with van der Waals surface area (Å²) < 4.78 is 25.5. The number of pyridine rings is 1. The van der Waals surface area contributed by atoms with Crippen LogP contribution in [0.5, 0.6) is 0 Å². The van der Waals surface area contributed by atoms with Gasteiger partial charge in [-0.2, -0.15) is 0 Å². The number of halogens is 2. The highest BCUT2D eigenvalue weighted by Crippen LogP contribution is 2.19. The van der Waals surface area contributed by atoms with E-state index in [0.717, 1.165) is 12.3 Å². The maximum absolute atomic E-state index is 13.1. The van der Waals surface area contributed by atoms with Crippen LogP contribution in [0.3, 0.4) is 0 Å². The maximum atomic E-state index is 13.1. The first-order chi connectivity index (χ1) is 6.02. The van der Waals surface area contributed by atoms with Gasteiger partial charge in [-0.15, -0.1) is 0 Å². The quantitative estimate of drug-likeness (QED) is 0.767. The molecule has 0 saturated carbocycles. The van der Waals surface area contributed by atoms with Gasteiger partial charge in [0.1, 0.15) is 11.6 Å². The van der Waals surface area contributed by atoms with Gasteiger partial charge in [-0.3, -0.25) is 4.98 Å². The third-order valence-corrected chi connectivity index (χ3v) is 1.87. The van der Waals surface area contributed by atoms with Crippen molar-refractivity contribution in [2.45, 2.75) is 19.9 Å². The highest BCUT2D eigenvalue weighted by Gasteiger charge is 2.16. The molecule has 13 heavy (non-hydrogen) atoms. The molecule has 2 nitrogen and oxygen atoms in total. The summed E-state index contributed by atoms with van der Waals surface area (Å²) in [5, 5.41) is 0. The molecule has 0 aliphatic carbocycles. The van der Waals surface area contributed by atoms with Crippen LogP contribution in [0.15, 0.2) is 12.3 Å². The average molecular weight is 186 g/mol. The van der Waals surface area contributed by atoms with Crippen molar-refractivity contribution in [1.29, 1.82) is 0 Å². The zero-order valence-electron chi connectivity index (χ0n) is 7.59. The molecule has 2 N–H and O–H groups in total. The van der Waals surface area contributed by atoms with Crippen LogP contribution in [0.1, 0.15) is 25.6 Å². The van der Waals surface area contributed by atoms with E-state index < -0.39 is 17.7 Å². The van der Waals surface area contributed by atoms with Crippen molar-refractivity contribution in [3.8, 4) is 0 Å². The van der Waals surface area contributed by atoms with Crippen LogP contribution in [0.2, 0.25) is 0 Å². The second-order valence-electron chi connectivity index (χ2n) is 3.29. The summed E-state index contributed by atoms with van der Waals surface area (Å²) >= 11 is 0. The largest absolute Gasteiger partial charge is 0.322 e. The second-order valence-corrected chi connectivity index (χ2v) is 3.29. The lowest BCUT2D eigenvalue weighted by molar-refractivity contribution is 0.464. The predicted octanol–water partition coefficient (Wildman–Crippen LogP) is 2.02. The number of nitrogens with zero attached hydrogens (tertiary/aromatic N) is 1. The Labute approximate surface area is 75.8 Å². The first-order valence-electron chi connectivity index (χ1n) is 4.09. The molecule has 0 saturated heterocycles. The third kappa shape index (κ3) is 2.21. The van der Waals surface area contributed by atoms with Crippen molar-refractivity contribution in [2.24, 2.45) is 11.7 Å². The van der Waals surface area contributed by atoms with E-state index in [0.29, 0.717) is 0 Å². The average Bonchev–Trinajstić information content (AvgIpc) is 2.03. The smallest absolute Gasteiger partial charge is 0.149 e. The Morgan fingerprint density at radius 2 is 2.00 bits per heavy atom. The molecule has 0 radical (unpaired) electrons. The number of aromatic nitrogens is 1. The Kier molecular flexibility index (Phi) is 2.93. The highest BCUT2D eigenvalue weighted by atomic mass is 19.1. The van der Waals surface area contributed by atoms with E-state index in [9.17, 15) is 8.78 Å². The molecule has 0 fully saturated rings. The lowest BCUT2D eigenvalue weighted by Gasteiger charge is -2.15. The van der Waals surface area contributed by atoms with E-state index in [-0.39, 0.29) is 11.6 Å². The Balaban J connectivity index is 3.01. The Morgan fingerprint density at radius 1 is 1.38 bits per heavy atom. The van der Waals surface area contributed by atoms with E-state index in [1.54, 1.807) is 0 Å². The first kappa shape index (κ1) is 10.1. The molecule has 0 aromatic carbocycles. The van der Waals surface area contributed by atoms with Crippen LogP contribution in [0.4, 0.5) is 8.78 Å². The number of hydrogen-bond donors (Lipinski definition) is 1. The van der Waals surface area contributed by atoms with Crippen LogP contribution in [-0.4, -0.2) is 4.98 Å². The van der Waals surface area contributed by atoms with Crippen molar-refractivity contribution >= 4 is 0 Å². The van der Waals surface area contributed by atoms with E-state index in [4.69, 9.17) is 5.73 Å². The van der Waals surface area contributed by atoms with Crippen LogP contribution >= 0.6 is 0 Å². The fourth-order valence-corrected chi connectivity index (χ4v) is 0.986. The van der Waals surface area contributed by atoms with Gasteiger partial charge in [0.25, 0.3) is 0 Å². The van der Waals surface area contributed by atoms with Gasteiger partial charge in [-0.25, -0.2) is 8.78 Å². The molecule has 72 valence electrons.